The zero-order valence-electron chi connectivity index (χ0n) is 18.6. The average molecular weight is 561 g/mol. The first-order valence-corrected chi connectivity index (χ1v) is 12.4. The summed E-state index contributed by atoms with van der Waals surface area (Å²) in [5.41, 5.74) is 5.44. The molecule has 0 spiro atoms. The first kappa shape index (κ1) is 25.6. The van der Waals surface area contributed by atoms with Crippen LogP contribution >= 0.6 is 48.0 Å². The molecule has 0 aromatic heterocycles. The van der Waals surface area contributed by atoms with Gasteiger partial charge in [0.05, 0.1) is 14.2 Å². The fourth-order valence-corrected chi connectivity index (χ4v) is 5.53. The highest BCUT2D eigenvalue weighted by molar-refractivity contribution is 8.29. The van der Waals surface area contributed by atoms with Gasteiger partial charge in [0.2, 0.25) is 0 Å². The molecule has 0 unspecified atom stereocenters. The summed E-state index contributed by atoms with van der Waals surface area (Å²) in [6.45, 7) is 0. The van der Waals surface area contributed by atoms with Crippen molar-refractivity contribution in [3.05, 3.63) is 69.5 Å². The van der Waals surface area contributed by atoms with E-state index in [9.17, 15) is 19.2 Å². The second-order valence-electron chi connectivity index (χ2n) is 7.01. The van der Waals surface area contributed by atoms with E-state index in [0.29, 0.717) is 11.5 Å². The number of thiocarbonyl (C=S) groups is 2. The highest BCUT2D eigenvalue weighted by Gasteiger charge is 2.43. The number of hydrazine groups is 2. The van der Waals surface area contributed by atoms with E-state index in [0.717, 1.165) is 33.5 Å². The van der Waals surface area contributed by atoms with Crippen LogP contribution in [0.3, 0.4) is 0 Å². The molecular weight excluding hydrogens is 545 g/mol. The molecule has 2 N–H and O–H groups in total. The summed E-state index contributed by atoms with van der Waals surface area (Å²) in [5, 5.41) is 1.79. The maximum atomic E-state index is 13.0. The summed E-state index contributed by atoms with van der Waals surface area (Å²) in [4.78, 5) is 51.2. The number of amides is 4. The molecule has 0 radical (unpaired) electrons. The van der Waals surface area contributed by atoms with Crippen molar-refractivity contribution in [1.29, 1.82) is 0 Å². The monoisotopic (exact) mass is 560 g/mol. The van der Waals surface area contributed by atoms with Gasteiger partial charge in [-0.05, 0) is 73.0 Å². The van der Waals surface area contributed by atoms with Gasteiger partial charge in [-0.1, -0.05) is 23.5 Å². The van der Waals surface area contributed by atoms with Gasteiger partial charge >= 0.3 is 0 Å². The minimum absolute atomic E-state index is 0.00595. The first-order valence-electron chi connectivity index (χ1n) is 10.0. The van der Waals surface area contributed by atoms with Crippen molar-refractivity contribution in [1.82, 2.24) is 20.9 Å². The summed E-state index contributed by atoms with van der Waals surface area (Å²) in [5.74, 6) is -1.39. The van der Waals surface area contributed by atoms with Crippen molar-refractivity contribution in [2.45, 2.75) is 0 Å². The van der Waals surface area contributed by atoms with Gasteiger partial charge in [0.15, 0.2) is 8.64 Å². The third kappa shape index (κ3) is 5.06. The Morgan fingerprint density at radius 2 is 1.03 bits per heavy atom. The van der Waals surface area contributed by atoms with E-state index in [-0.39, 0.29) is 29.6 Å². The summed E-state index contributed by atoms with van der Waals surface area (Å²) < 4.78 is 10.2. The molecule has 2 saturated heterocycles. The van der Waals surface area contributed by atoms with Crippen LogP contribution < -0.4 is 20.3 Å². The predicted octanol–water partition coefficient (Wildman–Crippen LogP) is 2.63. The number of benzene rings is 2. The molecule has 2 aliphatic heterocycles. The standard InChI is InChI=1S/C22H16N4O6S4/c1-31-13-7-3-11(4-8-13)17(27)23-25-19(29)15(35-21(25)33)16-20(30)26(22(34)36-16)24-18(28)12-5-9-14(32-2)10-6-12/h3-10H,1-2H3,(H,23,27)(H,24,28). The second kappa shape index (κ2) is 10.7. The van der Waals surface area contributed by atoms with Gasteiger partial charge in [0.1, 0.15) is 21.3 Å². The third-order valence-corrected chi connectivity index (χ3v) is 7.75. The van der Waals surface area contributed by atoms with Gasteiger partial charge in [-0.2, -0.15) is 10.0 Å². The molecule has 36 heavy (non-hydrogen) atoms. The Hall–Kier alpha value is -3.46. The van der Waals surface area contributed by atoms with Crippen LogP contribution in [0.25, 0.3) is 0 Å². The van der Waals surface area contributed by atoms with Crippen LogP contribution in [0.5, 0.6) is 11.5 Å². The Kier molecular flexibility index (Phi) is 7.59. The van der Waals surface area contributed by atoms with Gasteiger partial charge in [-0.15, -0.1) is 0 Å². The molecule has 10 nitrogen and oxygen atoms in total. The van der Waals surface area contributed by atoms with Crippen molar-refractivity contribution in [3.8, 4) is 11.5 Å². The van der Waals surface area contributed by atoms with E-state index < -0.39 is 23.6 Å². The zero-order chi connectivity index (χ0) is 26.0. The number of thioether (sulfide) groups is 2. The lowest BCUT2D eigenvalue weighted by molar-refractivity contribution is -0.126. The number of hydrogen-bond donors (Lipinski definition) is 2. The van der Waals surface area contributed by atoms with Gasteiger partial charge < -0.3 is 9.47 Å². The molecule has 2 fully saturated rings. The number of carbonyl (C=O) groups is 4. The topological polar surface area (TPSA) is 117 Å². The van der Waals surface area contributed by atoms with Crippen molar-refractivity contribution in [2.24, 2.45) is 0 Å². The van der Waals surface area contributed by atoms with Crippen LogP contribution in [0.4, 0.5) is 0 Å². The smallest absolute Gasteiger partial charge is 0.286 e. The van der Waals surface area contributed by atoms with Crippen LogP contribution in [-0.4, -0.2) is 56.5 Å². The second-order valence-corrected chi connectivity index (χ2v) is 10.3. The molecular formula is C22H16N4O6S4. The molecule has 2 aliphatic rings. The average Bonchev–Trinajstić information content (AvgIpc) is 3.33. The third-order valence-electron chi connectivity index (χ3n) is 4.88. The molecule has 0 saturated carbocycles. The molecule has 2 aromatic carbocycles. The van der Waals surface area contributed by atoms with Crippen LogP contribution in [-0.2, 0) is 9.59 Å². The summed E-state index contributed by atoms with van der Waals surface area (Å²) >= 11 is 12.2. The number of rotatable bonds is 6. The fraction of sp³-hybridized carbons (Fsp3) is 0.0909. The number of nitrogens with zero attached hydrogens (tertiary/aromatic N) is 2. The maximum Gasteiger partial charge on any atom is 0.286 e. The van der Waals surface area contributed by atoms with Gasteiger partial charge in [-0.3, -0.25) is 30.0 Å². The lowest BCUT2D eigenvalue weighted by Gasteiger charge is -2.16. The number of methoxy groups -OCH3 is 2. The van der Waals surface area contributed by atoms with Crippen molar-refractivity contribution in [2.75, 3.05) is 14.2 Å². The number of carbonyl (C=O) groups excluding carboxylic acids is 4. The van der Waals surface area contributed by atoms with E-state index in [4.69, 9.17) is 33.9 Å². The molecule has 184 valence electrons. The minimum atomic E-state index is -0.686. The van der Waals surface area contributed by atoms with Crippen LogP contribution in [0, 0.1) is 0 Å². The predicted molar refractivity (Wildman–Crippen MR) is 142 cm³/mol. The van der Waals surface area contributed by atoms with Crippen molar-refractivity contribution < 1.29 is 28.7 Å². The van der Waals surface area contributed by atoms with Gasteiger partial charge in [-0.25, -0.2) is 0 Å². The Balaban J connectivity index is 1.48. The lowest BCUT2D eigenvalue weighted by Crippen LogP contribution is -2.45. The molecule has 2 aromatic rings. The molecule has 0 aliphatic carbocycles. The van der Waals surface area contributed by atoms with Crippen LogP contribution in [0.1, 0.15) is 20.7 Å². The molecule has 2 heterocycles. The van der Waals surface area contributed by atoms with E-state index >= 15 is 0 Å². The van der Waals surface area contributed by atoms with E-state index in [1.807, 2.05) is 0 Å². The molecule has 14 heteroatoms. The van der Waals surface area contributed by atoms with Crippen molar-refractivity contribution >= 4 is 80.2 Å². The Bertz CT molecular complexity index is 1230. The fourth-order valence-electron chi connectivity index (χ4n) is 3.02. The first-order chi connectivity index (χ1) is 17.2. The van der Waals surface area contributed by atoms with Gasteiger partial charge in [0.25, 0.3) is 23.6 Å². The molecule has 0 bridgehead atoms. The Morgan fingerprint density at radius 1 is 0.694 bits per heavy atom. The quantitative estimate of drug-likeness (QED) is 0.403. The molecule has 4 amide bonds. The number of nitrogens with one attached hydrogen (secondary N) is 2. The van der Waals surface area contributed by atoms with Gasteiger partial charge in [0, 0.05) is 11.1 Å². The lowest BCUT2D eigenvalue weighted by atomic mass is 10.2. The maximum absolute atomic E-state index is 13.0. The molecule has 4 rings (SSSR count). The van der Waals surface area contributed by atoms with Crippen LogP contribution in [0.15, 0.2) is 58.3 Å². The summed E-state index contributed by atoms with van der Waals surface area (Å²) in [6, 6.07) is 12.5. The Morgan fingerprint density at radius 3 is 1.33 bits per heavy atom. The highest BCUT2D eigenvalue weighted by Crippen LogP contribution is 2.41. The highest BCUT2D eigenvalue weighted by atomic mass is 32.2. The van der Waals surface area contributed by atoms with Crippen molar-refractivity contribution in [3.63, 3.8) is 0 Å². The number of ether oxygens (including phenoxy) is 2. The van der Waals surface area contributed by atoms with E-state index in [1.165, 1.54) is 38.5 Å². The van der Waals surface area contributed by atoms with Crippen LogP contribution in [0.2, 0.25) is 0 Å². The summed E-state index contributed by atoms with van der Waals surface area (Å²) in [7, 11) is 3.00. The number of hydrogen-bond acceptors (Lipinski definition) is 10. The SMILES string of the molecule is COc1ccc(C(=O)NN2C(=O)C(=C3SC(=S)N(NC(=O)c4ccc(OC)cc4)C3=O)SC2=S)cc1. The summed E-state index contributed by atoms with van der Waals surface area (Å²) in [6.07, 6.45) is 0. The zero-order valence-corrected chi connectivity index (χ0v) is 21.9. The van der Waals surface area contributed by atoms with E-state index in [2.05, 4.69) is 10.9 Å². The minimum Gasteiger partial charge on any atom is -0.497 e. The van der Waals surface area contributed by atoms with E-state index in [1.54, 1.807) is 24.3 Å². The normalized spacial score (nSPS) is 17.5. The Labute approximate surface area is 224 Å². The largest absolute Gasteiger partial charge is 0.497 e. The molecule has 0 atom stereocenters.